The number of nitrogens with zero attached hydrogens (tertiary/aromatic N) is 4. The summed E-state index contributed by atoms with van der Waals surface area (Å²) < 4.78 is 5.37. The monoisotopic (exact) mass is 337 g/mol. The molecule has 0 bridgehead atoms. The number of anilines is 3. The Bertz CT molecular complexity index is 461. The van der Waals surface area contributed by atoms with Crippen LogP contribution >= 0.6 is 0 Å². The Morgan fingerprint density at radius 2 is 1.46 bits per heavy atom. The highest BCUT2D eigenvalue weighted by Crippen LogP contribution is 2.11. The molecule has 136 valence electrons. The van der Waals surface area contributed by atoms with Crippen molar-refractivity contribution in [3.05, 3.63) is 0 Å². The second-order valence-electron chi connectivity index (χ2n) is 6.64. The lowest BCUT2D eigenvalue weighted by Crippen LogP contribution is -2.37. The molecule has 1 aromatic heterocycles. The first-order chi connectivity index (χ1) is 11.5. The molecular formula is C16H31N7O. The lowest BCUT2D eigenvalue weighted by Gasteiger charge is -2.26. The van der Waals surface area contributed by atoms with E-state index in [1.165, 1.54) is 0 Å². The van der Waals surface area contributed by atoms with Gasteiger partial charge in [0.25, 0.3) is 0 Å². The molecule has 0 aromatic carbocycles. The van der Waals surface area contributed by atoms with Gasteiger partial charge in [-0.2, -0.15) is 15.0 Å². The summed E-state index contributed by atoms with van der Waals surface area (Å²) in [5.74, 6) is 1.80. The molecule has 8 heteroatoms. The van der Waals surface area contributed by atoms with Gasteiger partial charge in [0.1, 0.15) is 0 Å². The van der Waals surface area contributed by atoms with E-state index in [0.717, 1.165) is 45.8 Å². The van der Waals surface area contributed by atoms with E-state index in [0.29, 0.717) is 17.8 Å². The van der Waals surface area contributed by atoms with Gasteiger partial charge in [-0.15, -0.1) is 0 Å². The van der Waals surface area contributed by atoms with Gasteiger partial charge in [0.2, 0.25) is 17.8 Å². The van der Waals surface area contributed by atoms with Gasteiger partial charge < -0.3 is 20.7 Å². The normalized spacial score (nSPS) is 15.8. The zero-order chi connectivity index (χ0) is 17.4. The number of ether oxygens (including phenoxy) is 1. The minimum absolute atomic E-state index is 0.272. The van der Waals surface area contributed by atoms with Crippen LogP contribution in [0.1, 0.15) is 34.1 Å². The van der Waals surface area contributed by atoms with Crippen LogP contribution in [0, 0.1) is 0 Å². The number of hydrogen-bond acceptors (Lipinski definition) is 8. The van der Waals surface area contributed by atoms with E-state index in [9.17, 15) is 0 Å². The van der Waals surface area contributed by atoms with Crippen LogP contribution in [0.5, 0.6) is 0 Å². The largest absolute Gasteiger partial charge is 0.379 e. The van der Waals surface area contributed by atoms with E-state index in [-0.39, 0.29) is 12.1 Å². The average molecular weight is 337 g/mol. The molecule has 2 heterocycles. The molecule has 1 saturated heterocycles. The van der Waals surface area contributed by atoms with Crippen LogP contribution in [0.3, 0.4) is 0 Å². The minimum atomic E-state index is 0.272. The summed E-state index contributed by atoms with van der Waals surface area (Å²) in [6.45, 7) is 13.9. The summed E-state index contributed by atoms with van der Waals surface area (Å²) in [4.78, 5) is 15.7. The lowest BCUT2D eigenvalue weighted by molar-refractivity contribution is 0.0378. The molecule has 1 aliphatic heterocycles. The molecule has 0 atom stereocenters. The van der Waals surface area contributed by atoms with Crippen molar-refractivity contribution in [2.45, 2.75) is 46.2 Å². The SMILES string of the molecule is CC(C)Nc1nc(NCCCN2CCOCC2)nc(NC(C)C)n1. The third-order valence-corrected chi connectivity index (χ3v) is 3.51. The molecule has 0 amide bonds. The van der Waals surface area contributed by atoms with Gasteiger partial charge in [-0.25, -0.2) is 0 Å². The number of rotatable bonds is 9. The van der Waals surface area contributed by atoms with Gasteiger partial charge >= 0.3 is 0 Å². The van der Waals surface area contributed by atoms with Crippen LogP contribution in [-0.2, 0) is 4.74 Å². The fourth-order valence-electron chi connectivity index (χ4n) is 2.43. The predicted octanol–water partition coefficient (Wildman–Crippen LogP) is 1.65. The molecule has 2 rings (SSSR count). The lowest BCUT2D eigenvalue weighted by atomic mass is 10.3. The van der Waals surface area contributed by atoms with Gasteiger partial charge in [-0.1, -0.05) is 0 Å². The Morgan fingerprint density at radius 1 is 0.917 bits per heavy atom. The fraction of sp³-hybridized carbons (Fsp3) is 0.812. The zero-order valence-corrected chi connectivity index (χ0v) is 15.3. The zero-order valence-electron chi connectivity index (χ0n) is 15.3. The van der Waals surface area contributed by atoms with E-state index >= 15 is 0 Å². The topological polar surface area (TPSA) is 87.2 Å². The van der Waals surface area contributed by atoms with Crippen molar-refractivity contribution in [3.63, 3.8) is 0 Å². The van der Waals surface area contributed by atoms with E-state index in [1.54, 1.807) is 0 Å². The molecule has 0 radical (unpaired) electrons. The first-order valence-corrected chi connectivity index (χ1v) is 8.86. The summed E-state index contributed by atoms with van der Waals surface area (Å²) in [5.41, 5.74) is 0. The Labute approximate surface area is 144 Å². The van der Waals surface area contributed by atoms with Crippen molar-refractivity contribution in [1.82, 2.24) is 19.9 Å². The van der Waals surface area contributed by atoms with Gasteiger partial charge in [0.15, 0.2) is 0 Å². The van der Waals surface area contributed by atoms with Gasteiger partial charge in [-0.05, 0) is 40.7 Å². The third-order valence-electron chi connectivity index (χ3n) is 3.51. The molecule has 0 unspecified atom stereocenters. The highest BCUT2D eigenvalue weighted by molar-refractivity contribution is 5.42. The Kier molecular flexibility index (Phi) is 7.45. The molecule has 1 fully saturated rings. The van der Waals surface area contributed by atoms with E-state index in [1.807, 2.05) is 0 Å². The Balaban J connectivity index is 1.87. The van der Waals surface area contributed by atoms with Gasteiger partial charge in [0, 0.05) is 31.7 Å². The molecule has 24 heavy (non-hydrogen) atoms. The smallest absolute Gasteiger partial charge is 0.229 e. The van der Waals surface area contributed by atoms with Crippen molar-refractivity contribution in [3.8, 4) is 0 Å². The molecule has 1 aliphatic rings. The van der Waals surface area contributed by atoms with Crippen LogP contribution in [-0.4, -0.2) is 71.3 Å². The number of aromatic nitrogens is 3. The molecule has 0 spiro atoms. The number of hydrogen-bond donors (Lipinski definition) is 3. The molecule has 0 aliphatic carbocycles. The number of morpholine rings is 1. The van der Waals surface area contributed by atoms with Crippen molar-refractivity contribution in [2.75, 3.05) is 55.3 Å². The molecule has 0 saturated carbocycles. The molecule has 3 N–H and O–H groups in total. The van der Waals surface area contributed by atoms with Crippen LogP contribution in [0.15, 0.2) is 0 Å². The molecule has 1 aromatic rings. The first-order valence-electron chi connectivity index (χ1n) is 8.86. The summed E-state index contributed by atoms with van der Waals surface area (Å²) in [6.07, 6.45) is 1.05. The maximum Gasteiger partial charge on any atom is 0.229 e. The Hall–Kier alpha value is -1.67. The van der Waals surface area contributed by atoms with Crippen molar-refractivity contribution in [1.29, 1.82) is 0 Å². The predicted molar refractivity (Wildman–Crippen MR) is 97.7 cm³/mol. The Morgan fingerprint density at radius 3 is 2.00 bits per heavy atom. The summed E-state index contributed by atoms with van der Waals surface area (Å²) >= 11 is 0. The van der Waals surface area contributed by atoms with Crippen LogP contribution < -0.4 is 16.0 Å². The minimum Gasteiger partial charge on any atom is -0.379 e. The third kappa shape index (κ3) is 6.84. The van der Waals surface area contributed by atoms with Gasteiger partial charge in [0.05, 0.1) is 13.2 Å². The van der Waals surface area contributed by atoms with Crippen LogP contribution in [0.2, 0.25) is 0 Å². The average Bonchev–Trinajstić information content (AvgIpc) is 2.51. The van der Waals surface area contributed by atoms with Crippen LogP contribution in [0.25, 0.3) is 0 Å². The second-order valence-corrected chi connectivity index (χ2v) is 6.64. The number of nitrogens with one attached hydrogen (secondary N) is 3. The van der Waals surface area contributed by atoms with Gasteiger partial charge in [-0.3, -0.25) is 4.90 Å². The summed E-state index contributed by atoms with van der Waals surface area (Å²) in [6, 6.07) is 0.543. The van der Waals surface area contributed by atoms with Crippen LogP contribution in [0.4, 0.5) is 17.8 Å². The fourth-order valence-corrected chi connectivity index (χ4v) is 2.43. The standard InChI is InChI=1S/C16H31N7O/c1-12(2)18-15-20-14(21-16(22-15)19-13(3)4)17-6-5-7-23-8-10-24-11-9-23/h12-13H,5-11H2,1-4H3,(H3,17,18,19,20,21,22). The van der Waals surface area contributed by atoms with E-state index in [2.05, 4.69) is 63.5 Å². The van der Waals surface area contributed by atoms with E-state index < -0.39 is 0 Å². The molecule has 8 nitrogen and oxygen atoms in total. The van der Waals surface area contributed by atoms with Crippen molar-refractivity contribution < 1.29 is 4.74 Å². The highest BCUT2D eigenvalue weighted by Gasteiger charge is 2.10. The summed E-state index contributed by atoms with van der Waals surface area (Å²) in [5, 5.41) is 9.78. The van der Waals surface area contributed by atoms with E-state index in [4.69, 9.17) is 4.74 Å². The maximum atomic E-state index is 5.37. The highest BCUT2D eigenvalue weighted by atomic mass is 16.5. The quantitative estimate of drug-likeness (QED) is 0.586. The first kappa shape index (κ1) is 18.7. The summed E-state index contributed by atoms with van der Waals surface area (Å²) in [7, 11) is 0. The van der Waals surface area contributed by atoms with Crippen molar-refractivity contribution in [2.24, 2.45) is 0 Å². The maximum absolute atomic E-state index is 5.37. The van der Waals surface area contributed by atoms with Crippen molar-refractivity contribution >= 4 is 17.8 Å². The second kappa shape index (κ2) is 9.58. The molecular weight excluding hydrogens is 306 g/mol.